The normalized spacial score (nSPS) is 23.9. The lowest BCUT2D eigenvalue weighted by Crippen LogP contribution is -2.40. The van der Waals surface area contributed by atoms with Crippen LogP contribution in [-0.2, 0) is 9.47 Å². The van der Waals surface area contributed by atoms with Crippen molar-refractivity contribution in [3.05, 3.63) is 11.4 Å². The zero-order valence-electron chi connectivity index (χ0n) is 11.9. The maximum absolute atomic E-state index is 13.5. The summed E-state index contributed by atoms with van der Waals surface area (Å²) in [7, 11) is 0. The van der Waals surface area contributed by atoms with Crippen LogP contribution in [0.1, 0.15) is 27.7 Å². The molecule has 0 aromatic rings. The first-order valence-electron chi connectivity index (χ1n) is 6.29. The first-order chi connectivity index (χ1) is 8.73. The van der Waals surface area contributed by atoms with Crippen LogP contribution in [-0.4, -0.2) is 54.1 Å². The molecule has 0 radical (unpaired) electrons. The second kappa shape index (κ2) is 6.34. The second-order valence-electron chi connectivity index (χ2n) is 5.65. The van der Waals surface area contributed by atoms with Gasteiger partial charge in [0.25, 0.3) is 0 Å². The van der Waals surface area contributed by atoms with Crippen molar-refractivity contribution in [2.24, 2.45) is 0 Å². The number of aliphatic hydroxyl groups is 1. The summed E-state index contributed by atoms with van der Waals surface area (Å²) in [5.74, 6) is -0.650. The molecule has 0 aliphatic carbocycles. The van der Waals surface area contributed by atoms with E-state index in [2.05, 4.69) is 0 Å². The highest BCUT2D eigenvalue weighted by molar-refractivity contribution is 5.68. The number of rotatable bonds is 1. The predicted octanol–water partition coefficient (Wildman–Crippen LogP) is 1.86. The molecule has 1 saturated heterocycles. The first-order valence-corrected chi connectivity index (χ1v) is 6.29. The highest BCUT2D eigenvalue weighted by atomic mass is 19.1. The van der Waals surface area contributed by atoms with Crippen molar-refractivity contribution < 1.29 is 23.8 Å². The minimum absolute atomic E-state index is 0.0750. The molecule has 6 heteroatoms. The second-order valence-corrected chi connectivity index (χ2v) is 5.65. The van der Waals surface area contributed by atoms with Crippen molar-refractivity contribution in [2.45, 2.75) is 39.4 Å². The molecule has 0 bridgehead atoms. The topological polar surface area (TPSA) is 59.0 Å². The Bertz CT molecular complexity index is 362. The molecular formula is C13H22FNO4. The third kappa shape index (κ3) is 5.16. The predicted molar refractivity (Wildman–Crippen MR) is 68.4 cm³/mol. The molecule has 0 aromatic heterocycles. The van der Waals surface area contributed by atoms with Crippen LogP contribution in [0, 0.1) is 0 Å². The lowest BCUT2D eigenvalue weighted by Gasteiger charge is -2.27. The fraction of sp³-hybridized carbons (Fsp3) is 0.769. The maximum atomic E-state index is 13.5. The van der Waals surface area contributed by atoms with Crippen LogP contribution < -0.4 is 0 Å². The third-order valence-corrected chi connectivity index (χ3v) is 2.58. The molecule has 110 valence electrons. The van der Waals surface area contributed by atoms with Gasteiger partial charge in [-0.05, 0) is 27.7 Å². The average Bonchev–Trinajstić information content (AvgIpc) is 2.48. The summed E-state index contributed by atoms with van der Waals surface area (Å²) < 4.78 is 24.1. The first kappa shape index (κ1) is 15.9. The Hall–Kier alpha value is -1.14. The molecule has 1 fully saturated rings. The lowest BCUT2D eigenvalue weighted by molar-refractivity contribution is 0.0172. The minimum atomic E-state index is -0.685. The van der Waals surface area contributed by atoms with E-state index >= 15 is 0 Å². The van der Waals surface area contributed by atoms with Crippen LogP contribution in [0.25, 0.3) is 0 Å². The van der Waals surface area contributed by atoms with Gasteiger partial charge >= 0.3 is 6.09 Å². The molecule has 1 N–H and O–H groups in total. The molecule has 0 spiro atoms. The highest BCUT2D eigenvalue weighted by Crippen LogP contribution is 2.17. The monoisotopic (exact) mass is 275 g/mol. The number of amides is 1. The van der Waals surface area contributed by atoms with Crippen LogP contribution in [0.5, 0.6) is 0 Å². The van der Waals surface area contributed by atoms with Crippen molar-refractivity contribution in [1.82, 2.24) is 4.90 Å². The van der Waals surface area contributed by atoms with Crippen LogP contribution >= 0.6 is 0 Å². The van der Waals surface area contributed by atoms with Crippen LogP contribution in [0.3, 0.4) is 0 Å². The smallest absolute Gasteiger partial charge is 0.410 e. The van der Waals surface area contributed by atoms with E-state index in [9.17, 15) is 9.18 Å². The van der Waals surface area contributed by atoms with Gasteiger partial charge in [0.2, 0.25) is 0 Å². The Kier molecular flexibility index (Phi) is 5.31. The van der Waals surface area contributed by atoms with Crippen molar-refractivity contribution in [3.63, 3.8) is 0 Å². The lowest BCUT2D eigenvalue weighted by atomic mass is 10.2. The number of carbonyl (C=O) groups excluding carboxylic acids is 1. The quantitative estimate of drug-likeness (QED) is 0.793. The standard InChI is InChI=1S/C13H22FNO4/c1-9-5-15(12(17)19-13(2,3)4)6-10(8-18-9)11(14)7-16/h9,16H,5-8H2,1-4H3/b11-10-/t9-/m1/s1. The summed E-state index contributed by atoms with van der Waals surface area (Å²) in [4.78, 5) is 13.4. The van der Waals surface area contributed by atoms with E-state index in [1.807, 2.05) is 0 Å². The van der Waals surface area contributed by atoms with Crippen molar-refractivity contribution in [2.75, 3.05) is 26.3 Å². The average molecular weight is 275 g/mol. The summed E-state index contributed by atoms with van der Waals surface area (Å²) >= 11 is 0. The Morgan fingerprint density at radius 2 is 2.21 bits per heavy atom. The Balaban J connectivity index is 2.83. The molecule has 1 amide bonds. The molecular weight excluding hydrogens is 253 g/mol. The van der Waals surface area contributed by atoms with Gasteiger partial charge in [-0.1, -0.05) is 0 Å². The minimum Gasteiger partial charge on any atom is -0.444 e. The summed E-state index contributed by atoms with van der Waals surface area (Å²) in [5.41, 5.74) is -0.329. The van der Waals surface area contributed by atoms with E-state index in [0.717, 1.165) is 0 Å². The van der Waals surface area contributed by atoms with Crippen LogP contribution in [0.4, 0.5) is 9.18 Å². The fourth-order valence-electron chi connectivity index (χ4n) is 1.69. The molecule has 1 heterocycles. The van der Waals surface area contributed by atoms with Crippen molar-refractivity contribution in [1.29, 1.82) is 0 Å². The largest absolute Gasteiger partial charge is 0.444 e. The molecule has 0 unspecified atom stereocenters. The van der Waals surface area contributed by atoms with E-state index < -0.39 is 24.1 Å². The van der Waals surface area contributed by atoms with Gasteiger partial charge in [0.1, 0.15) is 11.4 Å². The summed E-state index contributed by atoms with van der Waals surface area (Å²) in [6, 6.07) is 0. The van der Waals surface area contributed by atoms with Crippen LogP contribution in [0.15, 0.2) is 11.4 Å². The fourth-order valence-corrected chi connectivity index (χ4v) is 1.69. The van der Waals surface area contributed by atoms with Gasteiger partial charge < -0.3 is 19.5 Å². The number of hydrogen-bond donors (Lipinski definition) is 1. The zero-order chi connectivity index (χ0) is 14.6. The van der Waals surface area contributed by atoms with Gasteiger partial charge in [0, 0.05) is 5.57 Å². The van der Waals surface area contributed by atoms with E-state index in [1.54, 1.807) is 27.7 Å². The van der Waals surface area contributed by atoms with Gasteiger partial charge in [-0.2, -0.15) is 0 Å². The van der Waals surface area contributed by atoms with Gasteiger partial charge in [-0.3, -0.25) is 0 Å². The van der Waals surface area contributed by atoms with Gasteiger partial charge in [0.05, 0.1) is 32.4 Å². The van der Waals surface area contributed by atoms with Gasteiger partial charge in [-0.15, -0.1) is 0 Å². The SMILES string of the molecule is C[C@@H]1CN(C(=O)OC(C)(C)C)C/C(=C(/F)CO)CO1. The molecule has 1 aliphatic rings. The number of aliphatic hydroxyl groups excluding tert-OH is 1. The van der Waals surface area contributed by atoms with Crippen molar-refractivity contribution in [3.8, 4) is 0 Å². The summed E-state index contributed by atoms with van der Waals surface area (Å²) in [6.45, 7) is 6.91. The van der Waals surface area contributed by atoms with E-state index in [0.29, 0.717) is 6.54 Å². The van der Waals surface area contributed by atoms with E-state index in [-0.39, 0.29) is 24.8 Å². The van der Waals surface area contributed by atoms with E-state index in [1.165, 1.54) is 4.90 Å². The summed E-state index contributed by atoms with van der Waals surface area (Å²) in [6.07, 6.45) is -0.718. The van der Waals surface area contributed by atoms with Gasteiger partial charge in [0.15, 0.2) is 0 Å². The molecule has 0 saturated carbocycles. The summed E-state index contributed by atoms with van der Waals surface area (Å²) in [5, 5.41) is 8.83. The molecule has 1 rings (SSSR count). The molecule has 5 nitrogen and oxygen atoms in total. The number of hydrogen-bond acceptors (Lipinski definition) is 4. The number of halogens is 1. The maximum Gasteiger partial charge on any atom is 0.410 e. The Morgan fingerprint density at radius 3 is 2.74 bits per heavy atom. The van der Waals surface area contributed by atoms with Crippen LogP contribution in [0.2, 0.25) is 0 Å². The Morgan fingerprint density at radius 1 is 1.58 bits per heavy atom. The molecule has 19 heavy (non-hydrogen) atoms. The number of carbonyl (C=O) groups is 1. The number of ether oxygens (including phenoxy) is 2. The van der Waals surface area contributed by atoms with E-state index in [4.69, 9.17) is 14.6 Å². The van der Waals surface area contributed by atoms with Gasteiger partial charge in [-0.25, -0.2) is 9.18 Å². The third-order valence-electron chi connectivity index (χ3n) is 2.58. The number of nitrogens with zero attached hydrogens (tertiary/aromatic N) is 1. The highest BCUT2D eigenvalue weighted by Gasteiger charge is 2.27. The molecule has 1 atom stereocenters. The van der Waals surface area contributed by atoms with Crippen molar-refractivity contribution >= 4 is 6.09 Å². The molecule has 0 aromatic carbocycles. The molecule has 1 aliphatic heterocycles. The zero-order valence-corrected chi connectivity index (χ0v) is 11.9. The Labute approximate surface area is 113 Å².